The molecule has 0 fully saturated rings. The second-order valence-electron chi connectivity index (χ2n) is 11.3. The zero-order valence-corrected chi connectivity index (χ0v) is 27.1. The Morgan fingerprint density at radius 1 is 1.10 bits per heavy atom. The zero-order chi connectivity index (χ0) is 31.0. The number of hydrogen-bond donors (Lipinski definition) is 1. The predicted octanol–water partition coefficient (Wildman–Crippen LogP) is 4.01. The van der Waals surface area contributed by atoms with Crippen molar-refractivity contribution in [1.82, 2.24) is 0 Å². The van der Waals surface area contributed by atoms with Gasteiger partial charge in [-0.05, 0) is 34.5 Å². The lowest BCUT2D eigenvalue weighted by Gasteiger charge is -2.43. The van der Waals surface area contributed by atoms with E-state index in [2.05, 4.69) is 72.8 Å². The summed E-state index contributed by atoms with van der Waals surface area (Å²) < 4.78 is 17.8. The Balaban J connectivity index is 2.13. The van der Waals surface area contributed by atoms with Gasteiger partial charge in [-0.3, -0.25) is 4.79 Å². The highest BCUT2D eigenvalue weighted by atomic mass is 79.9. The average Bonchev–Trinajstić information content (AvgIpc) is 3.29. The molecule has 2 unspecified atom stereocenters. The third-order valence-electron chi connectivity index (χ3n) is 6.95. The number of benzene rings is 2. The predicted molar refractivity (Wildman–Crippen MR) is 168 cm³/mol. The number of aliphatic hydroxyl groups is 1. The Bertz CT molecular complexity index is 1340. The fraction of sp³-hybridized carbons (Fsp3) is 0.364. The molecule has 1 N–H and O–H groups in total. The Hall–Kier alpha value is -3.29. The van der Waals surface area contributed by atoms with Gasteiger partial charge < -0.3 is 23.8 Å². The molecule has 0 spiro atoms. The molecule has 0 bridgehead atoms. The number of hydrogen-bond acceptors (Lipinski definition) is 7. The topological polar surface area (TPSA) is 99.1 Å². The van der Waals surface area contributed by atoms with Crippen LogP contribution in [0.25, 0.3) is 0 Å². The van der Waals surface area contributed by atoms with Crippen LogP contribution in [0.5, 0.6) is 0 Å². The molecule has 1 aliphatic rings. The first-order valence-electron chi connectivity index (χ1n) is 13.6. The molecule has 0 aromatic heterocycles. The molecule has 1 heterocycles. The maximum absolute atomic E-state index is 12.3. The molecule has 1 aliphatic heterocycles. The standard InChI is InChI=1S/C33H37BrO7Si/c1-24(36)40-30(33(5,38)18-19-35)17-16-25(20-27-21-26(22-34)31(37)41-27)23-39-42(32(2,3)4,28-12-8-6-9-13-28)29-14-10-7-11-15-29/h6-15,19-21,27,30,38H,18,22-23H2,1-5H3/b25-20+/t27-,30?,33?/m0/s1. The second-order valence-corrected chi connectivity index (χ2v) is 16.2. The van der Waals surface area contributed by atoms with Crippen molar-refractivity contribution < 1.29 is 33.4 Å². The van der Waals surface area contributed by atoms with Crippen LogP contribution >= 0.6 is 15.9 Å². The summed E-state index contributed by atoms with van der Waals surface area (Å²) >= 11 is 3.31. The Kier molecular flexibility index (Phi) is 11.3. The van der Waals surface area contributed by atoms with Crippen LogP contribution in [0.4, 0.5) is 0 Å². The Morgan fingerprint density at radius 3 is 2.12 bits per heavy atom. The molecule has 0 saturated carbocycles. The summed E-state index contributed by atoms with van der Waals surface area (Å²) in [6, 6.07) is 20.2. The van der Waals surface area contributed by atoms with Crippen molar-refractivity contribution in [3.8, 4) is 11.8 Å². The molecular formula is C33H37BrO7Si. The van der Waals surface area contributed by atoms with Crippen LogP contribution in [0, 0.1) is 11.8 Å². The first-order chi connectivity index (χ1) is 19.8. The van der Waals surface area contributed by atoms with Crippen molar-refractivity contribution in [2.45, 2.75) is 63.9 Å². The number of ether oxygens (including phenoxy) is 2. The number of esters is 2. The fourth-order valence-electron chi connectivity index (χ4n) is 4.86. The van der Waals surface area contributed by atoms with Crippen LogP contribution in [-0.4, -0.2) is 61.4 Å². The van der Waals surface area contributed by atoms with E-state index < -0.39 is 38.1 Å². The van der Waals surface area contributed by atoms with Crippen LogP contribution in [0.3, 0.4) is 0 Å². The van der Waals surface area contributed by atoms with Gasteiger partial charge in [0.15, 0.2) is 6.10 Å². The summed E-state index contributed by atoms with van der Waals surface area (Å²) in [7, 11) is -2.95. The van der Waals surface area contributed by atoms with Gasteiger partial charge in [-0.2, -0.15) is 0 Å². The van der Waals surface area contributed by atoms with E-state index in [-0.39, 0.29) is 18.1 Å². The molecular weight excluding hydrogens is 616 g/mol. The Morgan fingerprint density at radius 2 is 1.67 bits per heavy atom. The molecule has 7 nitrogen and oxygen atoms in total. The van der Waals surface area contributed by atoms with E-state index >= 15 is 0 Å². The number of carbonyl (C=O) groups excluding carboxylic acids is 3. The number of rotatable bonds is 11. The van der Waals surface area contributed by atoms with E-state index in [9.17, 15) is 19.5 Å². The largest absolute Gasteiger partial charge is 0.450 e. The number of aldehydes is 1. The van der Waals surface area contributed by atoms with Crippen molar-refractivity contribution >= 4 is 52.8 Å². The normalized spacial score (nSPS) is 17.7. The van der Waals surface area contributed by atoms with Crippen molar-refractivity contribution in [3.63, 3.8) is 0 Å². The molecule has 2 aromatic carbocycles. The summed E-state index contributed by atoms with van der Waals surface area (Å²) in [5.41, 5.74) is -0.761. The molecule has 0 saturated heterocycles. The number of halogens is 1. The summed E-state index contributed by atoms with van der Waals surface area (Å²) in [6.45, 7) is 9.12. The smallest absolute Gasteiger partial charge is 0.335 e. The van der Waals surface area contributed by atoms with E-state index in [1.165, 1.54) is 13.8 Å². The fourth-order valence-corrected chi connectivity index (χ4v) is 9.81. The first kappa shape index (κ1) is 33.2. The van der Waals surface area contributed by atoms with Crippen LogP contribution in [0.15, 0.2) is 84.0 Å². The quantitative estimate of drug-likeness (QED) is 0.129. The van der Waals surface area contributed by atoms with Gasteiger partial charge in [0.05, 0.1) is 6.61 Å². The highest BCUT2D eigenvalue weighted by Gasteiger charge is 2.50. The van der Waals surface area contributed by atoms with Crippen LogP contribution in [0.1, 0.15) is 41.0 Å². The minimum Gasteiger partial charge on any atom is -0.450 e. The second kappa shape index (κ2) is 14.3. The van der Waals surface area contributed by atoms with E-state index in [0.29, 0.717) is 22.8 Å². The van der Waals surface area contributed by atoms with Crippen LogP contribution in [0.2, 0.25) is 5.04 Å². The molecule has 0 amide bonds. The maximum Gasteiger partial charge on any atom is 0.335 e. The molecule has 9 heteroatoms. The molecule has 3 rings (SSSR count). The van der Waals surface area contributed by atoms with Gasteiger partial charge in [-0.1, -0.05) is 109 Å². The lowest BCUT2D eigenvalue weighted by Crippen LogP contribution is -2.66. The van der Waals surface area contributed by atoms with E-state index in [0.717, 1.165) is 10.4 Å². The summed E-state index contributed by atoms with van der Waals surface area (Å²) in [5, 5.41) is 13.1. The van der Waals surface area contributed by atoms with Crippen molar-refractivity contribution in [2.75, 3.05) is 11.9 Å². The van der Waals surface area contributed by atoms with Gasteiger partial charge in [0.25, 0.3) is 8.32 Å². The molecule has 0 aliphatic carbocycles. The highest BCUT2D eigenvalue weighted by molar-refractivity contribution is 9.09. The van der Waals surface area contributed by atoms with Gasteiger partial charge in [0, 0.05) is 29.8 Å². The molecule has 3 atom stereocenters. The SMILES string of the molecule is CC(=O)OC(C#C/C(=C\[C@H]1C=C(CBr)C(=O)O1)CO[Si](c1ccccc1)(c1ccccc1)C(C)(C)C)C(C)(O)CC=O. The van der Waals surface area contributed by atoms with Crippen molar-refractivity contribution in [2.24, 2.45) is 0 Å². The monoisotopic (exact) mass is 652 g/mol. The van der Waals surface area contributed by atoms with E-state index in [4.69, 9.17) is 13.9 Å². The number of alkyl halides is 1. The van der Waals surface area contributed by atoms with Gasteiger partial charge in [-0.15, -0.1) is 0 Å². The molecule has 2 aromatic rings. The maximum atomic E-state index is 12.3. The van der Waals surface area contributed by atoms with Gasteiger partial charge >= 0.3 is 11.9 Å². The number of carbonyl (C=O) groups is 3. The van der Waals surface area contributed by atoms with Gasteiger partial charge in [0.1, 0.15) is 18.0 Å². The van der Waals surface area contributed by atoms with Crippen LogP contribution < -0.4 is 10.4 Å². The van der Waals surface area contributed by atoms with Crippen LogP contribution in [-0.2, 0) is 28.3 Å². The summed E-state index contributed by atoms with van der Waals surface area (Å²) in [4.78, 5) is 35.3. The van der Waals surface area contributed by atoms with Crippen molar-refractivity contribution in [3.05, 3.63) is 84.0 Å². The lowest BCUT2D eigenvalue weighted by molar-refractivity contribution is -0.155. The zero-order valence-electron chi connectivity index (χ0n) is 24.6. The molecule has 222 valence electrons. The van der Waals surface area contributed by atoms with E-state index in [1.807, 2.05) is 36.4 Å². The summed E-state index contributed by atoms with van der Waals surface area (Å²) in [6.07, 6.45) is 1.70. The summed E-state index contributed by atoms with van der Waals surface area (Å²) in [5.74, 6) is 4.77. The third kappa shape index (κ3) is 7.95. The van der Waals surface area contributed by atoms with Crippen molar-refractivity contribution in [1.29, 1.82) is 0 Å². The number of cyclic esters (lactones) is 1. The average molecular weight is 654 g/mol. The van der Waals surface area contributed by atoms with Gasteiger partial charge in [0.2, 0.25) is 0 Å². The van der Waals surface area contributed by atoms with Gasteiger partial charge in [-0.25, -0.2) is 4.79 Å². The lowest BCUT2D eigenvalue weighted by atomic mass is 9.95. The Labute approximate surface area is 257 Å². The third-order valence-corrected chi connectivity index (χ3v) is 12.5. The highest BCUT2D eigenvalue weighted by Crippen LogP contribution is 2.37. The van der Waals surface area contributed by atoms with E-state index in [1.54, 1.807) is 12.2 Å². The first-order valence-corrected chi connectivity index (χ1v) is 16.6. The minimum absolute atomic E-state index is 0.0500. The molecule has 42 heavy (non-hydrogen) atoms. The molecule has 0 radical (unpaired) electrons. The minimum atomic E-state index is -2.95.